The molecule has 1 saturated carbocycles. The van der Waals surface area contributed by atoms with Gasteiger partial charge in [0.05, 0.1) is 11.2 Å². The van der Waals surface area contributed by atoms with Crippen molar-refractivity contribution in [3.8, 4) is 17.3 Å². The summed E-state index contributed by atoms with van der Waals surface area (Å²) >= 11 is 0. The molecule has 0 bridgehead atoms. The highest BCUT2D eigenvalue weighted by molar-refractivity contribution is 5.58. The third-order valence-corrected chi connectivity index (χ3v) is 5.57. The third-order valence-electron chi connectivity index (χ3n) is 5.57. The van der Waals surface area contributed by atoms with Crippen molar-refractivity contribution in [1.82, 2.24) is 19.9 Å². The molecule has 26 heavy (non-hydrogen) atoms. The average Bonchev–Trinajstić information content (AvgIpc) is 3.40. The molecule has 2 aliphatic rings. The van der Waals surface area contributed by atoms with Gasteiger partial charge in [0.25, 0.3) is 5.89 Å². The molecule has 0 atom stereocenters. The van der Waals surface area contributed by atoms with E-state index in [4.69, 9.17) is 15.4 Å². The Morgan fingerprint density at radius 3 is 2.62 bits per heavy atom. The van der Waals surface area contributed by atoms with E-state index in [1.165, 1.54) is 12.1 Å². The number of hydrogen-bond acceptors (Lipinski definition) is 5. The molecule has 0 radical (unpaired) electrons. The van der Waals surface area contributed by atoms with Gasteiger partial charge in [-0.25, -0.2) is 9.07 Å². The van der Waals surface area contributed by atoms with Crippen LogP contribution in [0, 0.1) is 5.82 Å². The van der Waals surface area contributed by atoms with E-state index in [-0.39, 0.29) is 5.82 Å². The van der Waals surface area contributed by atoms with Gasteiger partial charge in [0, 0.05) is 11.3 Å². The smallest absolute Gasteiger partial charge is 0.278 e. The van der Waals surface area contributed by atoms with Crippen LogP contribution >= 0.6 is 0 Å². The van der Waals surface area contributed by atoms with Gasteiger partial charge in [-0.15, -0.1) is 0 Å². The topological polar surface area (TPSA) is 82.8 Å². The van der Waals surface area contributed by atoms with Gasteiger partial charge >= 0.3 is 0 Å². The second kappa shape index (κ2) is 5.74. The number of benzene rings is 1. The molecule has 0 unspecified atom stereocenters. The first-order chi connectivity index (χ1) is 12.6. The van der Waals surface area contributed by atoms with E-state index in [9.17, 15) is 4.39 Å². The number of halogens is 1. The maximum absolute atomic E-state index is 13.3. The fourth-order valence-electron chi connectivity index (χ4n) is 4.16. The van der Waals surface area contributed by atoms with Crippen LogP contribution in [0.1, 0.15) is 49.2 Å². The molecule has 6 nitrogen and oxygen atoms in total. The summed E-state index contributed by atoms with van der Waals surface area (Å²) in [5.41, 5.74) is 9.80. The van der Waals surface area contributed by atoms with Gasteiger partial charge in [0.15, 0.2) is 11.5 Å². The molecule has 0 amide bonds. The maximum Gasteiger partial charge on any atom is 0.278 e. The van der Waals surface area contributed by atoms with Crippen molar-refractivity contribution < 1.29 is 8.91 Å². The first kappa shape index (κ1) is 15.7. The van der Waals surface area contributed by atoms with Crippen molar-refractivity contribution in [1.29, 1.82) is 0 Å². The minimum absolute atomic E-state index is 0.260. The zero-order chi connectivity index (χ0) is 17.7. The second-order valence-electron chi connectivity index (χ2n) is 7.30. The monoisotopic (exact) mass is 353 g/mol. The SMILES string of the molecule is NC1(c2noc(-c3nn(-c4ccc(F)cc4)c4c3CCC4)n2)CCCC1. The summed E-state index contributed by atoms with van der Waals surface area (Å²) in [7, 11) is 0. The van der Waals surface area contributed by atoms with Crippen molar-refractivity contribution in [3.63, 3.8) is 0 Å². The Balaban J connectivity index is 1.57. The molecule has 0 spiro atoms. The molecule has 2 heterocycles. The van der Waals surface area contributed by atoms with Crippen molar-refractivity contribution in [2.45, 2.75) is 50.5 Å². The van der Waals surface area contributed by atoms with Crippen molar-refractivity contribution in [2.24, 2.45) is 5.73 Å². The van der Waals surface area contributed by atoms with E-state index >= 15 is 0 Å². The van der Waals surface area contributed by atoms with Crippen LogP contribution in [0.3, 0.4) is 0 Å². The second-order valence-corrected chi connectivity index (χ2v) is 7.30. The minimum Gasteiger partial charge on any atom is -0.332 e. The molecule has 0 aliphatic heterocycles. The lowest BCUT2D eigenvalue weighted by Crippen LogP contribution is -2.34. The van der Waals surface area contributed by atoms with E-state index in [2.05, 4.69) is 10.1 Å². The van der Waals surface area contributed by atoms with Crippen molar-refractivity contribution in [3.05, 3.63) is 47.2 Å². The van der Waals surface area contributed by atoms with Crippen LogP contribution in [0.4, 0.5) is 4.39 Å². The van der Waals surface area contributed by atoms with E-state index in [1.54, 1.807) is 12.1 Å². The quantitative estimate of drug-likeness (QED) is 0.781. The first-order valence-electron chi connectivity index (χ1n) is 9.14. The van der Waals surface area contributed by atoms with Crippen LogP contribution in [0.15, 0.2) is 28.8 Å². The predicted molar refractivity (Wildman–Crippen MR) is 93.2 cm³/mol. The van der Waals surface area contributed by atoms with Crippen LogP contribution in [0.25, 0.3) is 17.3 Å². The van der Waals surface area contributed by atoms with Crippen LogP contribution in [0.2, 0.25) is 0 Å². The molecule has 2 aliphatic carbocycles. The number of hydrogen-bond donors (Lipinski definition) is 1. The molecule has 5 rings (SSSR count). The lowest BCUT2D eigenvalue weighted by atomic mass is 9.99. The molecule has 0 saturated heterocycles. The predicted octanol–water partition coefficient (Wildman–Crippen LogP) is 3.28. The van der Waals surface area contributed by atoms with Gasteiger partial charge in [-0.1, -0.05) is 18.0 Å². The van der Waals surface area contributed by atoms with E-state index in [1.807, 2.05) is 4.68 Å². The summed E-state index contributed by atoms with van der Waals surface area (Å²) in [6.45, 7) is 0. The molecule has 3 aromatic rings. The van der Waals surface area contributed by atoms with Gasteiger partial charge in [0.2, 0.25) is 0 Å². The highest BCUT2D eigenvalue weighted by Gasteiger charge is 2.37. The zero-order valence-corrected chi connectivity index (χ0v) is 14.4. The average molecular weight is 353 g/mol. The molecule has 7 heteroatoms. The zero-order valence-electron chi connectivity index (χ0n) is 14.4. The summed E-state index contributed by atoms with van der Waals surface area (Å²) in [6.07, 6.45) is 6.87. The van der Waals surface area contributed by atoms with Gasteiger partial charge in [0.1, 0.15) is 5.82 Å². The number of aromatic nitrogens is 4. The summed E-state index contributed by atoms with van der Waals surface area (Å²) in [4.78, 5) is 4.59. The molecule has 2 N–H and O–H groups in total. The Labute approximate surface area is 150 Å². The molecule has 1 fully saturated rings. The van der Waals surface area contributed by atoms with E-state index in [0.29, 0.717) is 11.7 Å². The maximum atomic E-state index is 13.3. The largest absolute Gasteiger partial charge is 0.332 e. The number of nitrogens with two attached hydrogens (primary N) is 1. The van der Waals surface area contributed by atoms with Crippen molar-refractivity contribution in [2.75, 3.05) is 0 Å². The number of nitrogens with zero attached hydrogens (tertiary/aromatic N) is 4. The fourth-order valence-corrected chi connectivity index (χ4v) is 4.16. The molecule has 2 aromatic heterocycles. The summed E-state index contributed by atoms with van der Waals surface area (Å²) < 4.78 is 20.7. The van der Waals surface area contributed by atoms with Crippen LogP contribution in [-0.4, -0.2) is 19.9 Å². The van der Waals surface area contributed by atoms with Gasteiger partial charge < -0.3 is 10.3 Å². The fraction of sp³-hybridized carbons (Fsp3) is 0.421. The minimum atomic E-state index is -0.482. The number of fused-ring (bicyclic) bond motifs is 1. The van der Waals surface area contributed by atoms with Crippen LogP contribution in [-0.2, 0) is 18.4 Å². The normalized spacial score (nSPS) is 18.4. The van der Waals surface area contributed by atoms with Gasteiger partial charge in [-0.05, 0) is 56.4 Å². The van der Waals surface area contributed by atoms with Crippen molar-refractivity contribution >= 4 is 0 Å². The lowest BCUT2D eigenvalue weighted by molar-refractivity contribution is 0.372. The number of rotatable bonds is 3. The summed E-state index contributed by atoms with van der Waals surface area (Å²) in [5.74, 6) is 0.743. The first-order valence-corrected chi connectivity index (χ1v) is 9.14. The highest BCUT2D eigenvalue weighted by Crippen LogP contribution is 2.37. The Bertz CT molecular complexity index is 953. The van der Waals surface area contributed by atoms with E-state index < -0.39 is 5.54 Å². The summed E-state index contributed by atoms with van der Waals surface area (Å²) in [6, 6.07) is 6.36. The summed E-state index contributed by atoms with van der Waals surface area (Å²) in [5, 5.41) is 8.88. The van der Waals surface area contributed by atoms with E-state index in [0.717, 1.165) is 67.6 Å². The van der Waals surface area contributed by atoms with Crippen LogP contribution < -0.4 is 5.73 Å². The lowest BCUT2D eigenvalue weighted by Gasteiger charge is -2.17. The molecular weight excluding hydrogens is 333 g/mol. The van der Waals surface area contributed by atoms with Gasteiger partial charge in [-0.2, -0.15) is 10.1 Å². The van der Waals surface area contributed by atoms with Crippen LogP contribution in [0.5, 0.6) is 0 Å². The Morgan fingerprint density at radius 1 is 1.08 bits per heavy atom. The highest BCUT2D eigenvalue weighted by atomic mass is 19.1. The Hall–Kier alpha value is -2.54. The Morgan fingerprint density at radius 2 is 1.85 bits per heavy atom. The Kier molecular flexibility index (Phi) is 3.46. The third kappa shape index (κ3) is 2.38. The molecule has 134 valence electrons. The standard InChI is InChI=1S/C19H20FN5O/c20-12-6-8-13(9-7-12)25-15-5-3-4-14(15)16(23-25)17-22-18(24-26-17)19(21)10-1-2-11-19/h6-9H,1-5,10-11,21H2. The van der Waals surface area contributed by atoms with Gasteiger partial charge in [-0.3, -0.25) is 0 Å². The molecule has 1 aromatic carbocycles. The molecular formula is C19H20FN5O.